The van der Waals surface area contributed by atoms with Gasteiger partial charge < -0.3 is 19.1 Å². The fraction of sp³-hybridized carbons (Fsp3) is 0.308. The fourth-order valence-electron chi connectivity index (χ4n) is 3.77. The van der Waals surface area contributed by atoms with E-state index in [9.17, 15) is 4.55 Å². The van der Waals surface area contributed by atoms with Crippen LogP contribution in [0.4, 0.5) is 5.82 Å². The predicted octanol–water partition coefficient (Wildman–Crippen LogP) is 4.89. The number of hydrogen-bond acceptors (Lipinski definition) is 7. The van der Waals surface area contributed by atoms with Gasteiger partial charge in [-0.2, -0.15) is 0 Å². The average molecular weight is 479 g/mol. The first-order valence-electron chi connectivity index (χ1n) is 11.4. The van der Waals surface area contributed by atoms with E-state index in [1.807, 2.05) is 74.5 Å². The molecule has 7 nitrogen and oxygen atoms in total. The number of aromatic nitrogens is 2. The first kappa shape index (κ1) is 24.2. The van der Waals surface area contributed by atoms with Crippen LogP contribution in [0.15, 0.2) is 71.3 Å². The Bertz CT molecular complexity index is 1210. The Kier molecular flexibility index (Phi) is 8.18. The highest BCUT2D eigenvalue weighted by Crippen LogP contribution is 2.34. The molecule has 0 saturated carbocycles. The summed E-state index contributed by atoms with van der Waals surface area (Å²) in [6.45, 7) is 5.15. The third-order valence-corrected chi connectivity index (χ3v) is 6.86. The number of rotatable bonds is 11. The number of nitrogens with zero attached hydrogens (tertiary/aromatic N) is 2. The number of pyridine rings is 1. The molecule has 178 valence electrons. The molecule has 2 N–H and O–H groups in total. The third-order valence-electron chi connectivity index (χ3n) is 5.49. The van der Waals surface area contributed by atoms with Gasteiger partial charge in [0.1, 0.15) is 16.8 Å². The van der Waals surface area contributed by atoms with Crippen molar-refractivity contribution in [1.29, 1.82) is 0 Å². The summed E-state index contributed by atoms with van der Waals surface area (Å²) in [5.74, 6) is 0.786. The molecule has 0 amide bonds. The molecule has 0 spiro atoms. The van der Waals surface area contributed by atoms with Crippen molar-refractivity contribution in [3.63, 3.8) is 0 Å². The lowest BCUT2D eigenvalue weighted by Gasteiger charge is -2.24. The molecule has 0 radical (unpaired) electrons. The van der Waals surface area contributed by atoms with Gasteiger partial charge in [-0.3, -0.25) is 0 Å². The van der Waals surface area contributed by atoms with Crippen molar-refractivity contribution in [2.24, 2.45) is 0 Å². The lowest BCUT2D eigenvalue weighted by molar-refractivity contribution is 0.210. The number of nitrogens with one attached hydrogen (secondary N) is 2. The van der Waals surface area contributed by atoms with Crippen molar-refractivity contribution in [2.75, 3.05) is 25.6 Å². The molecule has 0 aliphatic rings. The SMILES string of the molecule is COCCNc1cccc(C[C@H](N[S+]([O-])C(C)C)c2ccccc2-c2noc3ccccc23)n1. The third kappa shape index (κ3) is 5.77. The fourth-order valence-corrected chi connectivity index (χ4v) is 4.53. The van der Waals surface area contributed by atoms with Crippen LogP contribution in [0.1, 0.15) is 31.1 Å². The van der Waals surface area contributed by atoms with Gasteiger partial charge in [0.2, 0.25) is 0 Å². The van der Waals surface area contributed by atoms with E-state index in [2.05, 4.69) is 21.3 Å². The molecule has 4 aromatic rings. The summed E-state index contributed by atoms with van der Waals surface area (Å²) in [6.07, 6.45) is 0.561. The van der Waals surface area contributed by atoms with Crippen molar-refractivity contribution in [3.05, 3.63) is 78.0 Å². The van der Waals surface area contributed by atoms with Crippen molar-refractivity contribution in [3.8, 4) is 11.3 Å². The Balaban J connectivity index is 1.70. The van der Waals surface area contributed by atoms with E-state index in [1.54, 1.807) is 7.11 Å². The van der Waals surface area contributed by atoms with Gasteiger partial charge in [0.15, 0.2) is 5.58 Å². The van der Waals surface area contributed by atoms with Gasteiger partial charge in [-0.15, -0.1) is 4.72 Å². The van der Waals surface area contributed by atoms with Gasteiger partial charge in [-0.25, -0.2) is 4.98 Å². The molecule has 34 heavy (non-hydrogen) atoms. The second kappa shape index (κ2) is 11.5. The second-order valence-corrected chi connectivity index (χ2v) is 10.0. The number of fused-ring (bicyclic) bond motifs is 1. The molecule has 2 atom stereocenters. The minimum absolute atomic E-state index is 0.0300. The zero-order valence-electron chi connectivity index (χ0n) is 19.7. The normalized spacial score (nSPS) is 13.3. The van der Waals surface area contributed by atoms with Crippen LogP contribution in [0, 0.1) is 0 Å². The van der Waals surface area contributed by atoms with E-state index < -0.39 is 11.4 Å². The van der Waals surface area contributed by atoms with Crippen LogP contribution in [-0.4, -0.2) is 40.2 Å². The van der Waals surface area contributed by atoms with Crippen LogP contribution in [0.3, 0.4) is 0 Å². The lowest BCUT2D eigenvalue weighted by Crippen LogP contribution is -2.35. The van der Waals surface area contributed by atoms with Gasteiger partial charge in [-0.05, 0) is 43.7 Å². The quantitative estimate of drug-likeness (QED) is 0.234. The molecule has 2 aromatic carbocycles. The van der Waals surface area contributed by atoms with Crippen LogP contribution in [0.25, 0.3) is 22.2 Å². The Morgan fingerprint density at radius 2 is 1.82 bits per heavy atom. The smallest absolute Gasteiger partial charge is 0.167 e. The van der Waals surface area contributed by atoms with Crippen LogP contribution in [0.2, 0.25) is 0 Å². The number of para-hydroxylation sites is 1. The minimum Gasteiger partial charge on any atom is -0.598 e. The van der Waals surface area contributed by atoms with E-state index in [-0.39, 0.29) is 11.3 Å². The Morgan fingerprint density at radius 1 is 1.03 bits per heavy atom. The van der Waals surface area contributed by atoms with Gasteiger partial charge in [-0.1, -0.05) is 47.6 Å². The van der Waals surface area contributed by atoms with Crippen molar-refractivity contribution in [2.45, 2.75) is 31.6 Å². The maximum Gasteiger partial charge on any atom is 0.167 e. The summed E-state index contributed by atoms with van der Waals surface area (Å²) in [7, 11) is 1.67. The predicted molar refractivity (Wildman–Crippen MR) is 137 cm³/mol. The Labute approximate surface area is 203 Å². The average Bonchev–Trinajstić information content (AvgIpc) is 3.28. The van der Waals surface area contributed by atoms with E-state index in [4.69, 9.17) is 14.2 Å². The summed E-state index contributed by atoms with van der Waals surface area (Å²) < 4.78 is 26.9. The topological polar surface area (TPSA) is 95.3 Å². The monoisotopic (exact) mass is 478 g/mol. The molecule has 8 heteroatoms. The highest BCUT2D eigenvalue weighted by atomic mass is 32.2. The van der Waals surface area contributed by atoms with E-state index in [0.29, 0.717) is 19.6 Å². The standard InChI is InChI=1S/C26H30N4O3S/c1-18(2)34(31)30-23(17-19-9-8-14-25(28-19)27-15-16-32-3)20-10-4-5-11-21(20)26-22-12-6-7-13-24(22)33-29-26/h4-14,18,23,30H,15-17H2,1-3H3,(H,27,28)/t23-,34?/m0/s1. The van der Waals surface area contributed by atoms with Gasteiger partial charge >= 0.3 is 0 Å². The summed E-state index contributed by atoms with van der Waals surface area (Å²) in [6, 6.07) is 21.5. The maximum absolute atomic E-state index is 12.9. The van der Waals surface area contributed by atoms with Crippen LogP contribution in [-0.2, 0) is 22.5 Å². The van der Waals surface area contributed by atoms with Crippen LogP contribution < -0.4 is 10.0 Å². The molecule has 1 unspecified atom stereocenters. The van der Waals surface area contributed by atoms with E-state index in [0.717, 1.165) is 39.3 Å². The second-order valence-electron chi connectivity index (χ2n) is 8.27. The molecule has 0 aliphatic heterocycles. The maximum atomic E-state index is 12.9. The highest BCUT2D eigenvalue weighted by Gasteiger charge is 2.26. The molecular formula is C26H30N4O3S. The molecule has 4 rings (SSSR count). The van der Waals surface area contributed by atoms with Crippen LogP contribution in [0.5, 0.6) is 0 Å². The minimum atomic E-state index is -1.22. The van der Waals surface area contributed by atoms with Gasteiger partial charge in [0, 0.05) is 48.1 Å². The number of benzene rings is 2. The molecule has 0 fully saturated rings. The zero-order chi connectivity index (χ0) is 23.9. The molecule has 2 heterocycles. The Morgan fingerprint density at radius 3 is 2.65 bits per heavy atom. The zero-order valence-corrected chi connectivity index (χ0v) is 20.5. The largest absolute Gasteiger partial charge is 0.598 e. The van der Waals surface area contributed by atoms with E-state index in [1.165, 1.54) is 0 Å². The molecule has 2 aromatic heterocycles. The number of methoxy groups -OCH3 is 1. The lowest BCUT2D eigenvalue weighted by atomic mass is 9.94. The van der Waals surface area contributed by atoms with Gasteiger partial charge in [0.05, 0.1) is 12.6 Å². The molecular weight excluding hydrogens is 448 g/mol. The molecule has 0 saturated heterocycles. The van der Waals surface area contributed by atoms with E-state index >= 15 is 0 Å². The summed E-state index contributed by atoms with van der Waals surface area (Å²) in [5, 5.41) is 8.56. The number of hydrogen-bond donors (Lipinski definition) is 2. The summed E-state index contributed by atoms with van der Waals surface area (Å²) in [5.41, 5.74) is 4.34. The number of ether oxygens (including phenoxy) is 1. The molecule has 0 aliphatic carbocycles. The summed E-state index contributed by atoms with van der Waals surface area (Å²) in [4.78, 5) is 4.76. The highest BCUT2D eigenvalue weighted by molar-refractivity contribution is 7.90. The number of anilines is 1. The van der Waals surface area contributed by atoms with Gasteiger partial charge in [0.25, 0.3) is 0 Å². The first-order valence-corrected chi connectivity index (χ1v) is 12.6. The van der Waals surface area contributed by atoms with Crippen LogP contribution >= 0.6 is 0 Å². The first-order chi connectivity index (χ1) is 16.6. The van der Waals surface area contributed by atoms with Crippen molar-refractivity contribution < 1.29 is 13.8 Å². The Hall–Kier alpha value is -2.91. The van der Waals surface area contributed by atoms with Crippen molar-refractivity contribution in [1.82, 2.24) is 14.9 Å². The molecule has 0 bridgehead atoms. The van der Waals surface area contributed by atoms with Crippen molar-refractivity contribution >= 4 is 28.1 Å². The summed E-state index contributed by atoms with van der Waals surface area (Å²) >= 11 is -1.22.